The topological polar surface area (TPSA) is 37.8 Å². The van der Waals surface area contributed by atoms with Gasteiger partial charge in [-0.25, -0.2) is 0 Å². The van der Waals surface area contributed by atoms with Crippen LogP contribution < -0.4 is 5.32 Å². The fourth-order valence-corrected chi connectivity index (χ4v) is 3.13. The predicted molar refractivity (Wildman–Crippen MR) is 109 cm³/mol. The highest BCUT2D eigenvalue weighted by Crippen LogP contribution is 2.34. The third-order valence-corrected chi connectivity index (χ3v) is 4.57. The first-order chi connectivity index (χ1) is 12.7. The summed E-state index contributed by atoms with van der Waals surface area (Å²) in [6.07, 6.45) is 0. The quantitative estimate of drug-likeness (QED) is 0.483. The minimum absolute atomic E-state index is 0.518. The van der Waals surface area contributed by atoms with E-state index in [1.165, 1.54) is 5.56 Å². The molecule has 0 bridgehead atoms. The van der Waals surface area contributed by atoms with Crippen LogP contribution in [0.1, 0.15) is 25.3 Å². The first-order valence-corrected chi connectivity index (χ1v) is 8.90. The fourth-order valence-electron chi connectivity index (χ4n) is 3.13. The molecule has 1 heterocycles. The number of anilines is 2. The zero-order valence-corrected chi connectivity index (χ0v) is 15.0. The maximum atomic E-state index is 4.47. The Balaban J connectivity index is 1.82. The van der Waals surface area contributed by atoms with Crippen LogP contribution in [0, 0.1) is 0 Å². The number of hydrogen-bond donors (Lipinski definition) is 1. The second-order valence-corrected chi connectivity index (χ2v) is 6.71. The van der Waals surface area contributed by atoms with E-state index in [0.717, 1.165) is 33.5 Å². The molecule has 26 heavy (non-hydrogen) atoms. The maximum Gasteiger partial charge on any atom is 0.161 e. The van der Waals surface area contributed by atoms with Gasteiger partial charge in [0.05, 0.1) is 5.52 Å². The highest BCUT2D eigenvalue weighted by atomic mass is 15.2. The number of hydrogen-bond acceptors (Lipinski definition) is 3. The Labute approximate surface area is 153 Å². The van der Waals surface area contributed by atoms with Crippen LogP contribution in [0.5, 0.6) is 0 Å². The number of fused-ring (bicyclic) bond motifs is 1. The summed E-state index contributed by atoms with van der Waals surface area (Å²) >= 11 is 0. The van der Waals surface area contributed by atoms with E-state index < -0.39 is 0 Å². The molecule has 0 aliphatic heterocycles. The lowest BCUT2D eigenvalue weighted by molar-refractivity contribution is 0.867. The zero-order valence-electron chi connectivity index (χ0n) is 15.0. The number of nitrogens with one attached hydrogen (secondary N) is 1. The second-order valence-electron chi connectivity index (χ2n) is 6.71. The largest absolute Gasteiger partial charge is 0.338 e. The molecule has 128 valence electrons. The molecule has 1 aromatic heterocycles. The summed E-state index contributed by atoms with van der Waals surface area (Å²) in [5.41, 5.74) is 5.43. The Morgan fingerprint density at radius 3 is 2.15 bits per heavy atom. The Kier molecular flexibility index (Phi) is 4.36. The third kappa shape index (κ3) is 3.16. The standard InChI is InChI=1S/C23H21N3/c1-16(2)17-12-14-19(15-13-17)24-23-22(18-8-4-3-5-9-18)20-10-6-7-11-21(20)25-26-23/h3-16H,1-2H3,(H,24,26). The van der Waals surface area contributed by atoms with Gasteiger partial charge in [0.25, 0.3) is 0 Å². The number of nitrogens with zero attached hydrogens (tertiary/aromatic N) is 2. The Hall–Kier alpha value is -3.20. The van der Waals surface area contributed by atoms with Gasteiger partial charge in [-0.3, -0.25) is 0 Å². The van der Waals surface area contributed by atoms with Crippen LogP contribution >= 0.6 is 0 Å². The molecule has 0 fully saturated rings. The first-order valence-electron chi connectivity index (χ1n) is 8.90. The van der Waals surface area contributed by atoms with Gasteiger partial charge in [-0.1, -0.05) is 74.5 Å². The molecule has 0 aliphatic carbocycles. The first kappa shape index (κ1) is 16.3. The van der Waals surface area contributed by atoms with Crippen LogP contribution in [-0.2, 0) is 0 Å². The lowest BCUT2D eigenvalue weighted by atomic mass is 10.0. The summed E-state index contributed by atoms with van der Waals surface area (Å²) in [5.74, 6) is 1.29. The molecule has 0 aliphatic rings. The fraction of sp³-hybridized carbons (Fsp3) is 0.130. The molecule has 0 radical (unpaired) electrons. The molecular weight excluding hydrogens is 318 g/mol. The molecule has 3 heteroatoms. The van der Waals surface area contributed by atoms with Gasteiger partial charge in [0.2, 0.25) is 0 Å². The molecule has 0 atom stereocenters. The Morgan fingerprint density at radius 2 is 1.42 bits per heavy atom. The van der Waals surface area contributed by atoms with E-state index in [1.807, 2.05) is 36.4 Å². The zero-order chi connectivity index (χ0) is 17.9. The molecule has 0 spiro atoms. The molecule has 0 saturated carbocycles. The van der Waals surface area contributed by atoms with E-state index in [2.05, 4.69) is 71.8 Å². The van der Waals surface area contributed by atoms with E-state index in [0.29, 0.717) is 5.92 Å². The van der Waals surface area contributed by atoms with Gasteiger partial charge in [0.15, 0.2) is 5.82 Å². The van der Waals surface area contributed by atoms with Crippen molar-refractivity contribution in [1.29, 1.82) is 0 Å². The summed E-state index contributed by atoms with van der Waals surface area (Å²) in [7, 11) is 0. The molecule has 4 aromatic rings. The van der Waals surface area contributed by atoms with E-state index in [4.69, 9.17) is 0 Å². The van der Waals surface area contributed by atoms with E-state index in [-0.39, 0.29) is 0 Å². The molecule has 0 unspecified atom stereocenters. The minimum Gasteiger partial charge on any atom is -0.338 e. The van der Waals surface area contributed by atoms with Crippen molar-refractivity contribution in [3.05, 3.63) is 84.4 Å². The molecule has 0 saturated heterocycles. The van der Waals surface area contributed by atoms with Crippen LogP contribution in [0.15, 0.2) is 78.9 Å². The number of rotatable bonds is 4. The maximum absolute atomic E-state index is 4.47. The van der Waals surface area contributed by atoms with Gasteiger partial charge in [0, 0.05) is 16.6 Å². The van der Waals surface area contributed by atoms with Gasteiger partial charge in [-0.2, -0.15) is 0 Å². The van der Waals surface area contributed by atoms with Crippen LogP contribution in [0.3, 0.4) is 0 Å². The molecule has 4 rings (SSSR count). The van der Waals surface area contributed by atoms with E-state index >= 15 is 0 Å². The van der Waals surface area contributed by atoms with Gasteiger partial charge in [0.1, 0.15) is 0 Å². The summed E-state index contributed by atoms with van der Waals surface area (Å²) in [6, 6.07) is 27.0. The van der Waals surface area contributed by atoms with Crippen LogP contribution in [0.25, 0.3) is 22.0 Å². The predicted octanol–water partition coefficient (Wildman–Crippen LogP) is 6.16. The summed E-state index contributed by atoms with van der Waals surface area (Å²) in [4.78, 5) is 0. The van der Waals surface area contributed by atoms with Crippen molar-refractivity contribution in [2.75, 3.05) is 5.32 Å². The number of aromatic nitrogens is 2. The SMILES string of the molecule is CC(C)c1ccc(Nc2nnc3ccccc3c2-c2ccccc2)cc1. The van der Waals surface area contributed by atoms with Crippen molar-refractivity contribution in [2.24, 2.45) is 0 Å². The van der Waals surface area contributed by atoms with Gasteiger partial charge < -0.3 is 5.32 Å². The molecular formula is C23H21N3. The van der Waals surface area contributed by atoms with E-state index in [1.54, 1.807) is 0 Å². The van der Waals surface area contributed by atoms with Gasteiger partial charge >= 0.3 is 0 Å². The second kappa shape index (κ2) is 6.96. The minimum atomic E-state index is 0.518. The molecule has 3 nitrogen and oxygen atoms in total. The summed E-state index contributed by atoms with van der Waals surface area (Å²) in [5, 5.41) is 13.4. The summed E-state index contributed by atoms with van der Waals surface area (Å²) < 4.78 is 0. The van der Waals surface area contributed by atoms with Gasteiger partial charge in [-0.05, 0) is 35.2 Å². The van der Waals surface area contributed by atoms with Crippen LogP contribution in [0.2, 0.25) is 0 Å². The summed E-state index contributed by atoms with van der Waals surface area (Å²) in [6.45, 7) is 4.40. The lowest BCUT2D eigenvalue weighted by Crippen LogP contribution is -2.00. The average Bonchev–Trinajstić information content (AvgIpc) is 2.69. The smallest absolute Gasteiger partial charge is 0.161 e. The normalized spacial score (nSPS) is 11.0. The Bertz CT molecular complexity index is 1020. The van der Waals surface area contributed by atoms with Crippen molar-refractivity contribution in [3.8, 4) is 11.1 Å². The average molecular weight is 339 g/mol. The van der Waals surface area contributed by atoms with Crippen molar-refractivity contribution in [2.45, 2.75) is 19.8 Å². The van der Waals surface area contributed by atoms with Crippen LogP contribution in [0.4, 0.5) is 11.5 Å². The monoisotopic (exact) mass is 339 g/mol. The van der Waals surface area contributed by atoms with Gasteiger partial charge in [-0.15, -0.1) is 10.2 Å². The number of benzene rings is 3. The van der Waals surface area contributed by atoms with Crippen molar-refractivity contribution >= 4 is 22.4 Å². The third-order valence-electron chi connectivity index (χ3n) is 4.57. The van der Waals surface area contributed by atoms with Crippen LogP contribution in [-0.4, -0.2) is 10.2 Å². The highest BCUT2D eigenvalue weighted by molar-refractivity contribution is 5.99. The van der Waals surface area contributed by atoms with Crippen molar-refractivity contribution < 1.29 is 0 Å². The molecule has 3 aromatic carbocycles. The lowest BCUT2D eigenvalue weighted by Gasteiger charge is -2.14. The van der Waals surface area contributed by atoms with E-state index in [9.17, 15) is 0 Å². The van der Waals surface area contributed by atoms with Crippen molar-refractivity contribution in [1.82, 2.24) is 10.2 Å². The van der Waals surface area contributed by atoms with Crippen molar-refractivity contribution in [3.63, 3.8) is 0 Å². The molecule has 0 amide bonds. The molecule has 1 N–H and O–H groups in total. The Morgan fingerprint density at radius 1 is 0.731 bits per heavy atom. The highest BCUT2D eigenvalue weighted by Gasteiger charge is 2.13.